The Labute approximate surface area is 68.2 Å². The van der Waals surface area contributed by atoms with E-state index in [9.17, 15) is 0 Å². The standard InChI is InChI=1S/C2H6O.Ca.ClH.2H/c1-2-3;;;;/h3H,2H2,1H3;;1H;;. The van der Waals surface area contributed by atoms with E-state index in [-0.39, 0.29) is 56.8 Å². The Balaban J connectivity index is -0.0000000200. The molecule has 0 amide bonds. The van der Waals surface area contributed by atoms with Gasteiger partial charge in [0.2, 0.25) is 0 Å². The van der Waals surface area contributed by atoms with E-state index >= 15 is 0 Å². The van der Waals surface area contributed by atoms with E-state index in [1.54, 1.807) is 6.92 Å². The molecular formula is C2H9CaClO. The zero-order chi connectivity index (χ0) is 2.71. The van der Waals surface area contributed by atoms with Gasteiger partial charge in [0.05, 0.1) is 0 Å². The molecule has 0 rings (SSSR count). The van der Waals surface area contributed by atoms with Gasteiger partial charge in [-0.3, -0.25) is 0 Å². The van der Waals surface area contributed by atoms with E-state index in [0.29, 0.717) is 0 Å². The van der Waals surface area contributed by atoms with Crippen LogP contribution in [-0.4, -0.2) is 49.5 Å². The van der Waals surface area contributed by atoms with Crippen molar-refractivity contribution >= 4 is 50.1 Å². The Bertz CT molecular complexity index is 9.61. The van der Waals surface area contributed by atoms with Crippen LogP contribution in [0.2, 0.25) is 0 Å². The molecule has 0 aliphatic heterocycles. The molecule has 0 spiro atoms. The summed E-state index contributed by atoms with van der Waals surface area (Å²) >= 11 is 0. The number of halogens is 1. The maximum absolute atomic E-state index is 7.57. The molecule has 0 atom stereocenters. The summed E-state index contributed by atoms with van der Waals surface area (Å²) in [6, 6.07) is 0. The molecular weight excluding hydrogens is 116 g/mol. The van der Waals surface area contributed by atoms with Gasteiger partial charge in [0.15, 0.2) is 0 Å². The molecule has 0 radical (unpaired) electrons. The van der Waals surface area contributed by atoms with E-state index in [1.165, 1.54) is 0 Å². The molecule has 0 fully saturated rings. The van der Waals surface area contributed by atoms with Gasteiger partial charge in [0.25, 0.3) is 0 Å². The zero-order valence-electron chi connectivity index (χ0n) is 2.56. The van der Waals surface area contributed by atoms with Gasteiger partial charge in [0.1, 0.15) is 0 Å². The second-order valence-corrected chi connectivity index (χ2v) is 0.316. The van der Waals surface area contributed by atoms with Crippen molar-refractivity contribution in [2.45, 2.75) is 6.92 Å². The number of aliphatic hydroxyl groups excluding tert-OH is 1. The molecule has 0 bridgehead atoms. The summed E-state index contributed by atoms with van der Waals surface area (Å²) in [7, 11) is 0. The third-order valence-electron chi connectivity index (χ3n) is 0. The van der Waals surface area contributed by atoms with Crippen molar-refractivity contribution in [1.29, 1.82) is 0 Å². The van der Waals surface area contributed by atoms with Crippen molar-refractivity contribution < 1.29 is 5.11 Å². The Morgan fingerprint density at radius 1 is 1.60 bits per heavy atom. The molecule has 0 saturated carbocycles. The Hall–Kier alpha value is 1.51. The topological polar surface area (TPSA) is 20.2 Å². The van der Waals surface area contributed by atoms with Crippen LogP contribution in [0.5, 0.6) is 0 Å². The Morgan fingerprint density at radius 3 is 1.60 bits per heavy atom. The first-order valence-electron chi connectivity index (χ1n) is 1.02. The van der Waals surface area contributed by atoms with Crippen LogP contribution in [0.15, 0.2) is 0 Å². The van der Waals surface area contributed by atoms with Crippen LogP contribution in [0.4, 0.5) is 0 Å². The van der Waals surface area contributed by atoms with Gasteiger partial charge in [-0.2, -0.15) is 0 Å². The van der Waals surface area contributed by atoms with Crippen molar-refractivity contribution in [2.24, 2.45) is 0 Å². The molecule has 1 N–H and O–H groups in total. The van der Waals surface area contributed by atoms with Gasteiger partial charge < -0.3 is 5.11 Å². The van der Waals surface area contributed by atoms with E-state index in [2.05, 4.69) is 0 Å². The summed E-state index contributed by atoms with van der Waals surface area (Å²) in [6.07, 6.45) is 0. The van der Waals surface area contributed by atoms with Crippen molar-refractivity contribution in [3.63, 3.8) is 0 Å². The predicted octanol–water partition coefficient (Wildman–Crippen LogP) is -0.496. The summed E-state index contributed by atoms with van der Waals surface area (Å²) in [5, 5.41) is 7.57. The fourth-order valence-corrected chi connectivity index (χ4v) is 0. The summed E-state index contributed by atoms with van der Waals surface area (Å²) in [4.78, 5) is 0. The molecule has 0 heterocycles. The molecule has 1 nitrogen and oxygen atoms in total. The quantitative estimate of drug-likeness (QED) is 0.432. The zero-order valence-corrected chi connectivity index (χ0v) is 3.38. The second kappa shape index (κ2) is 17.8. The van der Waals surface area contributed by atoms with Crippen LogP contribution in [-0.2, 0) is 0 Å². The molecule has 0 aromatic rings. The van der Waals surface area contributed by atoms with Crippen LogP contribution < -0.4 is 0 Å². The molecule has 0 aliphatic carbocycles. The van der Waals surface area contributed by atoms with E-state index in [1.807, 2.05) is 0 Å². The predicted molar refractivity (Wildman–Crippen MR) is 28.6 cm³/mol. The number of aliphatic hydroxyl groups is 1. The summed E-state index contributed by atoms with van der Waals surface area (Å²) in [5.41, 5.74) is 0. The van der Waals surface area contributed by atoms with Crippen LogP contribution in [0.1, 0.15) is 6.92 Å². The van der Waals surface area contributed by atoms with Gasteiger partial charge in [-0.1, -0.05) is 0 Å². The van der Waals surface area contributed by atoms with Crippen LogP contribution >= 0.6 is 12.4 Å². The number of hydrogen-bond donors (Lipinski definition) is 1. The molecule has 3 heteroatoms. The number of rotatable bonds is 0. The average molecular weight is 125 g/mol. The molecule has 5 heavy (non-hydrogen) atoms. The van der Waals surface area contributed by atoms with Crippen LogP contribution in [0, 0.1) is 0 Å². The van der Waals surface area contributed by atoms with Crippen molar-refractivity contribution in [3.8, 4) is 0 Å². The Morgan fingerprint density at radius 2 is 1.60 bits per heavy atom. The summed E-state index contributed by atoms with van der Waals surface area (Å²) < 4.78 is 0. The van der Waals surface area contributed by atoms with Crippen molar-refractivity contribution in [1.82, 2.24) is 0 Å². The third-order valence-corrected chi connectivity index (χ3v) is 0. The molecule has 0 saturated heterocycles. The van der Waals surface area contributed by atoms with Crippen LogP contribution in [0.25, 0.3) is 0 Å². The van der Waals surface area contributed by atoms with Gasteiger partial charge in [-0.15, -0.1) is 12.4 Å². The van der Waals surface area contributed by atoms with Gasteiger partial charge in [-0.25, -0.2) is 0 Å². The summed E-state index contributed by atoms with van der Waals surface area (Å²) in [5.74, 6) is 0. The SMILES string of the molecule is CCO.Cl.[CaH2]. The van der Waals surface area contributed by atoms with E-state index in [4.69, 9.17) is 5.11 Å². The molecule has 0 aromatic carbocycles. The van der Waals surface area contributed by atoms with Gasteiger partial charge >= 0.3 is 37.7 Å². The molecule has 0 unspecified atom stereocenters. The monoisotopic (exact) mass is 124 g/mol. The first kappa shape index (κ1) is 16.0. The van der Waals surface area contributed by atoms with Crippen molar-refractivity contribution in [2.75, 3.05) is 6.61 Å². The minimum atomic E-state index is 0. The van der Waals surface area contributed by atoms with Crippen molar-refractivity contribution in [3.05, 3.63) is 0 Å². The van der Waals surface area contributed by atoms with E-state index in [0.717, 1.165) is 0 Å². The fraction of sp³-hybridized carbons (Fsp3) is 1.00. The first-order chi connectivity index (χ1) is 1.41. The maximum atomic E-state index is 7.57. The molecule has 32 valence electrons. The van der Waals surface area contributed by atoms with Gasteiger partial charge in [-0.05, 0) is 6.92 Å². The van der Waals surface area contributed by atoms with Crippen LogP contribution in [0.3, 0.4) is 0 Å². The third kappa shape index (κ3) is 29.8. The van der Waals surface area contributed by atoms with E-state index < -0.39 is 0 Å². The second-order valence-electron chi connectivity index (χ2n) is 0.316. The average Bonchev–Trinajstić information content (AvgIpc) is 0.918. The molecule has 0 aromatic heterocycles. The Kier molecular flexibility index (Phi) is 57.1. The number of hydrogen-bond acceptors (Lipinski definition) is 1. The normalized spacial score (nSPS) is 3.60. The first-order valence-corrected chi connectivity index (χ1v) is 1.02. The fourth-order valence-electron chi connectivity index (χ4n) is 0. The summed E-state index contributed by atoms with van der Waals surface area (Å²) in [6.45, 7) is 1.93. The van der Waals surface area contributed by atoms with Gasteiger partial charge in [0, 0.05) is 6.61 Å². The minimum absolute atomic E-state index is 0. The molecule has 0 aliphatic rings.